The van der Waals surface area contributed by atoms with Gasteiger partial charge in [0.2, 0.25) is 0 Å². The van der Waals surface area contributed by atoms with E-state index in [1.165, 1.54) is 54.4 Å². The second-order valence-electron chi connectivity index (χ2n) is 8.02. The Labute approximate surface area is 167 Å². The number of hydrogen-bond acceptors (Lipinski definition) is 2. The molecule has 0 atom stereocenters. The summed E-state index contributed by atoms with van der Waals surface area (Å²) in [4.78, 5) is 0. The van der Waals surface area contributed by atoms with Gasteiger partial charge in [-0.1, -0.05) is 74.6 Å². The Bertz CT molecular complexity index is 837. The van der Waals surface area contributed by atoms with Crippen LogP contribution >= 0.6 is 0 Å². The van der Waals surface area contributed by atoms with Gasteiger partial charge in [-0.05, 0) is 65.4 Å². The molecule has 0 heterocycles. The van der Waals surface area contributed by atoms with Crippen molar-refractivity contribution in [3.05, 3.63) is 83.9 Å². The van der Waals surface area contributed by atoms with E-state index in [1.807, 2.05) is 0 Å². The molecule has 1 fully saturated rings. The number of benzene rings is 3. The first-order chi connectivity index (χ1) is 13.7. The number of fused-ring (bicyclic) bond motifs is 1. The van der Waals surface area contributed by atoms with Crippen molar-refractivity contribution in [3.8, 4) is 22.6 Å². The van der Waals surface area contributed by atoms with Crippen LogP contribution in [0.1, 0.15) is 56.1 Å². The fraction of sp³-hybridized carbons (Fsp3) is 0.308. The predicted molar refractivity (Wildman–Crippen MR) is 115 cm³/mol. The average Bonchev–Trinajstić information content (AvgIpc) is 3.29. The summed E-state index contributed by atoms with van der Waals surface area (Å²) >= 11 is 0. The molecule has 0 unspecified atom stereocenters. The topological polar surface area (TPSA) is 40.5 Å². The molecule has 0 aromatic heterocycles. The highest BCUT2D eigenvalue weighted by molar-refractivity contribution is 5.80. The van der Waals surface area contributed by atoms with Crippen molar-refractivity contribution in [2.75, 3.05) is 0 Å². The lowest BCUT2D eigenvalue weighted by atomic mass is 9.67. The van der Waals surface area contributed by atoms with Gasteiger partial charge in [-0.25, -0.2) is 0 Å². The molecule has 0 saturated heterocycles. The minimum atomic E-state index is 0.00181. The molecule has 0 bridgehead atoms. The van der Waals surface area contributed by atoms with E-state index < -0.39 is 0 Å². The van der Waals surface area contributed by atoms with Gasteiger partial charge >= 0.3 is 0 Å². The van der Waals surface area contributed by atoms with Gasteiger partial charge in [0.1, 0.15) is 11.5 Å². The largest absolute Gasteiger partial charge is 0.508 e. The molecule has 1 saturated carbocycles. The summed E-state index contributed by atoms with van der Waals surface area (Å²) in [5.41, 5.74) is 5.41. The van der Waals surface area contributed by atoms with E-state index in [0.717, 1.165) is 12.8 Å². The van der Waals surface area contributed by atoms with Crippen molar-refractivity contribution < 1.29 is 10.2 Å². The molecule has 2 aromatic rings. The fourth-order valence-corrected chi connectivity index (χ4v) is 4.49. The van der Waals surface area contributed by atoms with E-state index in [9.17, 15) is 10.2 Å². The normalized spacial score (nSPS) is 16.9. The molecule has 0 radical (unpaired) electrons. The summed E-state index contributed by atoms with van der Waals surface area (Å²) in [6.07, 6.45) is 8.62. The zero-order chi connectivity index (χ0) is 19.4. The Hall–Kier alpha value is -2.74. The van der Waals surface area contributed by atoms with E-state index in [1.54, 1.807) is 24.3 Å². The van der Waals surface area contributed by atoms with Crippen LogP contribution in [0.3, 0.4) is 0 Å². The summed E-state index contributed by atoms with van der Waals surface area (Å²) in [6.45, 7) is 0. The van der Waals surface area contributed by atoms with Crippen molar-refractivity contribution in [2.45, 2.75) is 50.4 Å². The Morgan fingerprint density at radius 2 is 0.964 bits per heavy atom. The van der Waals surface area contributed by atoms with Crippen molar-refractivity contribution in [1.29, 1.82) is 0 Å². The summed E-state index contributed by atoms with van der Waals surface area (Å²) in [5, 5.41) is 19.2. The molecule has 2 N–H and O–H groups in total. The third-order valence-electron chi connectivity index (χ3n) is 6.16. The SMILES string of the molecule is Oc1ccc(C2(c3ccc(O)cc3)CCCCCCC2)cc1.c1cc2cc-2c1. The van der Waals surface area contributed by atoms with Gasteiger partial charge in [0.15, 0.2) is 0 Å². The quantitative estimate of drug-likeness (QED) is 0.406. The lowest BCUT2D eigenvalue weighted by Crippen LogP contribution is -2.28. The van der Waals surface area contributed by atoms with Crippen LogP contribution in [-0.4, -0.2) is 10.2 Å². The first kappa shape index (κ1) is 18.6. The standard InChI is InChI=1S/C20H24O2.C6H4/c21-18-10-6-16(7-11-18)20(14-4-2-1-3-5-15-20)17-8-12-19(22)13-9-17;1-2-5-4-6(5)3-1/h6-13,21-22H,1-5,14-15H2;1-4H. The summed E-state index contributed by atoms with van der Waals surface area (Å²) in [5.74, 6) is 0.630. The molecule has 0 aliphatic heterocycles. The van der Waals surface area contributed by atoms with Crippen molar-refractivity contribution in [3.63, 3.8) is 0 Å². The van der Waals surface area contributed by atoms with Gasteiger partial charge in [0.05, 0.1) is 0 Å². The third-order valence-corrected chi connectivity index (χ3v) is 6.16. The monoisotopic (exact) mass is 372 g/mol. The Kier molecular flexibility index (Phi) is 5.38. The lowest BCUT2D eigenvalue weighted by Gasteiger charge is -2.37. The summed E-state index contributed by atoms with van der Waals surface area (Å²) in [6, 6.07) is 23.9. The predicted octanol–water partition coefficient (Wildman–Crippen LogP) is 6.80. The molecule has 3 aliphatic rings. The zero-order valence-electron chi connectivity index (χ0n) is 16.3. The van der Waals surface area contributed by atoms with Gasteiger partial charge < -0.3 is 10.2 Å². The minimum Gasteiger partial charge on any atom is -0.508 e. The van der Waals surface area contributed by atoms with E-state index in [2.05, 4.69) is 48.5 Å². The highest BCUT2D eigenvalue weighted by Gasteiger charge is 2.34. The second-order valence-corrected chi connectivity index (χ2v) is 8.02. The van der Waals surface area contributed by atoms with Gasteiger partial charge in [0.25, 0.3) is 0 Å². The van der Waals surface area contributed by atoms with Crippen molar-refractivity contribution >= 4 is 0 Å². The molecule has 0 spiro atoms. The summed E-state index contributed by atoms with van der Waals surface area (Å²) in [7, 11) is 0. The van der Waals surface area contributed by atoms with Crippen LogP contribution in [0.4, 0.5) is 0 Å². The van der Waals surface area contributed by atoms with Crippen LogP contribution in [0, 0.1) is 0 Å². The number of phenols is 2. The Balaban J connectivity index is 0.000000268. The molecule has 2 heteroatoms. The summed E-state index contributed by atoms with van der Waals surface area (Å²) < 4.78 is 0. The zero-order valence-corrected chi connectivity index (χ0v) is 16.3. The van der Waals surface area contributed by atoms with Crippen LogP contribution in [0.25, 0.3) is 11.1 Å². The maximum atomic E-state index is 9.61. The van der Waals surface area contributed by atoms with Crippen LogP contribution in [0.2, 0.25) is 0 Å². The number of phenolic OH excluding ortho intramolecular Hbond substituents is 2. The first-order valence-corrected chi connectivity index (χ1v) is 10.4. The molecular formula is C26H28O2. The molecule has 28 heavy (non-hydrogen) atoms. The van der Waals surface area contributed by atoms with Gasteiger partial charge in [-0.15, -0.1) is 0 Å². The van der Waals surface area contributed by atoms with Gasteiger partial charge in [-0.2, -0.15) is 0 Å². The first-order valence-electron chi connectivity index (χ1n) is 10.4. The fourth-order valence-electron chi connectivity index (χ4n) is 4.49. The second kappa shape index (κ2) is 8.10. The maximum Gasteiger partial charge on any atom is 0.115 e. The van der Waals surface area contributed by atoms with Crippen LogP contribution in [-0.2, 0) is 5.41 Å². The van der Waals surface area contributed by atoms with Crippen LogP contribution in [0.5, 0.6) is 11.5 Å². The third kappa shape index (κ3) is 4.06. The van der Waals surface area contributed by atoms with E-state index >= 15 is 0 Å². The maximum absolute atomic E-state index is 9.61. The highest BCUT2D eigenvalue weighted by atomic mass is 16.3. The molecular weight excluding hydrogens is 344 g/mol. The minimum absolute atomic E-state index is 0.00181. The van der Waals surface area contributed by atoms with Crippen molar-refractivity contribution in [2.24, 2.45) is 0 Å². The van der Waals surface area contributed by atoms with Crippen molar-refractivity contribution in [1.82, 2.24) is 0 Å². The van der Waals surface area contributed by atoms with Gasteiger partial charge in [0, 0.05) is 5.41 Å². The Morgan fingerprint density at radius 3 is 1.32 bits per heavy atom. The molecule has 144 valence electrons. The smallest absolute Gasteiger partial charge is 0.115 e. The average molecular weight is 373 g/mol. The van der Waals surface area contributed by atoms with Crippen LogP contribution in [0.15, 0.2) is 72.8 Å². The number of aromatic hydroxyl groups is 2. The van der Waals surface area contributed by atoms with E-state index in [0.29, 0.717) is 11.5 Å². The molecule has 5 rings (SSSR count). The molecule has 2 aromatic carbocycles. The molecule has 2 nitrogen and oxygen atoms in total. The highest BCUT2D eigenvalue weighted by Crippen LogP contribution is 2.44. The van der Waals surface area contributed by atoms with Crippen LogP contribution < -0.4 is 0 Å². The number of hydrogen-bond donors (Lipinski definition) is 2. The molecule has 0 amide bonds. The number of rotatable bonds is 2. The van der Waals surface area contributed by atoms with Gasteiger partial charge in [-0.3, -0.25) is 0 Å². The van der Waals surface area contributed by atoms with E-state index in [-0.39, 0.29) is 5.41 Å². The molecule has 3 aliphatic carbocycles. The Morgan fingerprint density at radius 1 is 0.536 bits per heavy atom. The van der Waals surface area contributed by atoms with E-state index in [4.69, 9.17) is 0 Å². The lowest BCUT2D eigenvalue weighted by molar-refractivity contribution is 0.365.